The number of carbonyl (C=O) groups excluding carboxylic acids is 1. The molecule has 0 aliphatic carbocycles. The van der Waals surface area contributed by atoms with Crippen LogP contribution in [-0.2, 0) is 4.74 Å². The smallest absolute Gasteiger partial charge is 0.268 e. The van der Waals surface area contributed by atoms with Crippen LogP contribution >= 0.6 is 0 Å². The summed E-state index contributed by atoms with van der Waals surface area (Å²) in [4.78, 5) is 38.8. The van der Waals surface area contributed by atoms with Gasteiger partial charge in [0, 0.05) is 36.3 Å². The fourth-order valence-electron chi connectivity index (χ4n) is 4.15. The number of nitrogens with one attached hydrogen (secondary N) is 1. The SMILES string of the molecule is COCCOc1nc2c(Oc3ccc(NC(=O)c4ccc(C)n(-c5ccc(F)cc5)c4=O)cc3F)ncnc2cc1OC. The molecule has 0 saturated heterocycles. The summed E-state index contributed by atoms with van der Waals surface area (Å²) in [6, 6.07) is 13.6. The van der Waals surface area contributed by atoms with Crippen LogP contribution in [0.15, 0.2) is 71.8 Å². The minimum absolute atomic E-state index is 0.0408. The van der Waals surface area contributed by atoms with Crippen LogP contribution in [0.1, 0.15) is 16.1 Å². The fourth-order valence-corrected chi connectivity index (χ4v) is 4.15. The Hall–Kier alpha value is -5.43. The Morgan fingerprint density at radius 2 is 1.72 bits per heavy atom. The van der Waals surface area contributed by atoms with Crippen LogP contribution in [0, 0.1) is 18.6 Å². The van der Waals surface area contributed by atoms with Crippen LogP contribution < -0.4 is 25.1 Å². The topological polar surface area (TPSA) is 127 Å². The Morgan fingerprint density at radius 3 is 2.44 bits per heavy atom. The molecule has 3 heterocycles. The second kappa shape index (κ2) is 12.6. The van der Waals surface area contributed by atoms with Crippen molar-refractivity contribution in [1.82, 2.24) is 19.5 Å². The second-order valence-corrected chi connectivity index (χ2v) is 9.09. The minimum atomic E-state index is -0.817. The molecule has 1 N–H and O–H groups in total. The van der Waals surface area contributed by atoms with Crippen molar-refractivity contribution in [2.75, 3.05) is 32.8 Å². The number of methoxy groups -OCH3 is 2. The predicted molar refractivity (Wildman–Crippen MR) is 152 cm³/mol. The van der Waals surface area contributed by atoms with Crippen molar-refractivity contribution >= 4 is 22.6 Å². The molecule has 43 heavy (non-hydrogen) atoms. The highest BCUT2D eigenvalue weighted by Gasteiger charge is 2.19. The second-order valence-electron chi connectivity index (χ2n) is 9.09. The van der Waals surface area contributed by atoms with E-state index in [4.69, 9.17) is 18.9 Å². The van der Waals surface area contributed by atoms with Gasteiger partial charge in [-0.2, -0.15) is 4.98 Å². The number of aromatic nitrogens is 4. The maximum Gasteiger partial charge on any atom is 0.268 e. The summed E-state index contributed by atoms with van der Waals surface area (Å²) in [5, 5.41) is 2.53. The molecule has 1 amide bonds. The molecule has 0 radical (unpaired) electrons. The molecule has 0 atom stereocenters. The quantitative estimate of drug-likeness (QED) is 0.228. The van der Waals surface area contributed by atoms with Crippen LogP contribution in [-0.4, -0.2) is 52.9 Å². The maximum atomic E-state index is 15.1. The van der Waals surface area contributed by atoms with Crippen LogP contribution in [0.5, 0.6) is 23.3 Å². The average molecular weight is 590 g/mol. The molecule has 3 aromatic heterocycles. The number of pyridine rings is 2. The van der Waals surface area contributed by atoms with Gasteiger partial charge in [-0.05, 0) is 55.5 Å². The molecule has 0 aliphatic rings. The Balaban J connectivity index is 1.38. The van der Waals surface area contributed by atoms with Gasteiger partial charge in [0.2, 0.25) is 5.88 Å². The van der Waals surface area contributed by atoms with E-state index in [2.05, 4.69) is 20.3 Å². The Kier molecular flexibility index (Phi) is 8.53. The molecule has 2 aromatic carbocycles. The molecule has 0 unspecified atom stereocenters. The van der Waals surface area contributed by atoms with E-state index in [9.17, 15) is 14.0 Å². The molecule has 0 fully saturated rings. The Labute approximate surface area is 243 Å². The number of amides is 1. The lowest BCUT2D eigenvalue weighted by atomic mass is 10.2. The zero-order valence-electron chi connectivity index (χ0n) is 23.3. The first-order valence-electron chi connectivity index (χ1n) is 12.9. The number of aryl methyl sites for hydroxylation is 1. The molecule has 11 nitrogen and oxygen atoms in total. The van der Waals surface area contributed by atoms with Crippen molar-refractivity contribution in [2.45, 2.75) is 6.92 Å². The van der Waals surface area contributed by atoms with Crippen molar-refractivity contribution in [3.63, 3.8) is 0 Å². The molecule has 13 heteroatoms. The first-order chi connectivity index (χ1) is 20.8. The van der Waals surface area contributed by atoms with Gasteiger partial charge in [0.05, 0.1) is 13.7 Å². The largest absolute Gasteiger partial charge is 0.491 e. The maximum absolute atomic E-state index is 15.1. The van der Waals surface area contributed by atoms with E-state index < -0.39 is 23.1 Å². The lowest BCUT2D eigenvalue weighted by Crippen LogP contribution is -2.29. The third-order valence-corrected chi connectivity index (χ3v) is 6.26. The number of hydrogen-bond acceptors (Lipinski definition) is 9. The average Bonchev–Trinajstić information content (AvgIpc) is 2.99. The Morgan fingerprint density at radius 1 is 0.930 bits per heavy atom. The van der Waals surface area contributed by atoms with Gasteiger partial charge in [-0.1, -0.05) is 0 Å². The van der Waals surface area contributed by atoms with Gasteiger partial charge in [0.25, 0.3) is 17.3 Å². The summed E-state index contributed by atoms with van der Waals surface area (Å²) >= 11 is 0. The lowest BCUT2D eigenvalue weighted by molar-refractivity contribution is 0.102. The van der Waals surface area contributed by atoms with Crippen molar-refractivity contribution in [3.05, 3.63) is 100 Å². The van der Waals surface area contributed by atoms with Crippen LogP contribution in [0.2, 0.25) is 0 Å². The predicted octanol–water partition coefficient (Wildman–Crippen LogP) is 4.84. The van der Waals surface area contributed by atoms with E-state index in [0.717, 1.165) is 6.07 Å². The summed E-state index contributed by atoms with van der Waals surface area (Å²) < 4.78 is 51.5. The van der Waals surface area contributed by atoms with Gasteiger partial charge in [-0.3, -0.25) is 14.2 Å². The summed E-state index contributed by atoms with van der Waals surface area (Å²) in [5.41, 5.74) is 0.777. The summed E-state index contributed by atoms with van der Waals surface area (Å²) in [7, 11) is 2.99. The van der Waals surface area contributed by atoms with E-state index >= 15 is 4.39 Å². The summed E-state index contributed by atoms with van der Waals surface area (Å²) in [6.45, 7) is 2.21. The Bertz CT molecular complexity index is 1860. The third-order valence-electron chi connectivity index (χ3n) is 6.26. The number of rotatable bonds is 10. The number of nitrogens with zero attached hydrogens (tertiary/aromatic N) is 4. The molecule has 0 bridgehead atoms. The first kappa shape index (κ1) is 29.1. The highest BCUT2D eigenvalue weighted by atomic mass is 19.1. The highest BCUT2D eigenvalue weighted by molar-refractivity contribution is 6.04. The van der Waals surface area contributed by atoms with Gasteiger partial charge in [-0.25, -0.2) is 18.7 Å². The fraction of sp³-hybridized carbons (Fsp3) is 0.167. The standard InChI is InChI=1S/C30H25F2N5O6/c1-17-4-10-21(30(39)37(17)20-8-5-18(31)6-9-20)27(38)35-19-7-11-24(22(32)14-19)43-29-26-23(33-16-34-29)15-25(41-3)28(36-26)42-13-12-40-2/h4-11,14-16H,12-13H2,1-3H3,(H,35,38). The van der Waals surface area contributed by atoms with E-state index in [1.165, 1.54) is 67.6 Å². The van der Waals surface area contributed by atoms with Crippen molar-refractivity contribution in [2.24, 2.45) is 0 Å². The van der Waals surface area contributed by atoms with E-state index in [1.807, 2.05) is 0 Å². The number of halogens is 2. The molecule has 0 spiro atoms. The van der Waals surface area contributed by atoms with E-state index in [0.29, 0.717) is 29.3 Å². The molecule has 5 aromatic rings. The molecule has 5 rings (SSSR count). The van der Waals surface area contributed by atoms with Gasteiger partial charge in [0.15, 0.2) is 22.8 Å². The number of hydrogen-bond donors (Lipinski definition) is 1. The number of anilines is 1. The summed E-state index contributed by atoms with van der Waals surface area (Å²) in [6.07, 6.45) is 1.23. The van der Waals surface area contributed by atoms with Crippen LogP contribution in [0.4, 0.5) is 14.5 Å². The van der Waals surface area contributed by atoms with Crippen molar-refractivity contribution in [1.29, 1.82) is 0 Å². The number of benzene rings is 2. The van der Waals surface area contributed by atoms with Crippen molar-refractivity contribution in [3.8, 4) is 28.9 Å². The van der Waals surface area contributed by atoms with Gasteiger partial charge in [-0.15, -0.1) is 0 Å². The number of fused-ring (bicyclic) bond motifs is 1. The first-order valence-corrected chi connectivity index (χ1v) is 12.9. The lowest BCUT2D eigenvalue weighted by Gasteiger charge is -2.13. The van der Waals surface area contributed by atoms with Gasteiger partial charge < -0.3 is 24.3 Å². The van der Waals surface area contributed by atoms with E-state index in [1.54, 1.807) is 19.1 Å². The number of ether oxygens (including phenoxy) is 4. The van der Waals surface area contributed by atoms with Gasteiger partial charge >= 0.3 is 0 Å². The zero-order valence-corrected chi connectivity index (χ0v) is 23.3. The third kappa shape index (κ3) is 6.26. The number of carbonyl (C=O) groups is 1. The van der Waals surface area contributed by atoms with Crippen LogP contribution in [0.25, 0.3) is 16.7 Å². The molecular weight excluding hydrogens is 564 g/mol. The monoisotopic (exact) mass is 589 g/mol. The summed E-state index contributed by atoms with van der Waals surface area (Å²) in [5.74, 6) is -1.79. The van der Waals surface area contributed by atoms with E-state index in [-0.39, 0.29) is 40.9 Å². The normalized spacial score (nSPS) is 10.9. The van der Waals surface area contributed by atoms with Crippen molar-refractivity contribution < 1.29 is 32.5 Å². The van der Waals surface area contributed by atoms with Gasteiger partial charge in [0.1, 0.15) is 29.8 Å². The highest BCUT2D eigenvalue weighted by Crippen LogP contribution is 2.34. The van der Waals surface area contributed by atoms with Crippen LogP contribution in [0.3, 0.4) is 0 Å². The minimum Gasteiger partial charge on any atom is -0.491 e. The molecule has 0 saturated carbocycles. The molecule has 0 aliphatic heterocycles. The molecule has 220 valence electrons. The molecular formula is C30H25F2N5O6. The zero-order chi connectivity index (χ0) is 30.5.